The molecule has 1 aliphatic rings. The van der Waals surface area contributed by atoms with Crippen molar-refractivity contribution in [2.45, 2.75) is 39.5 Å². The largest absolute Gasteiger partial charge is 0.450 e. The number of imide groups is 1. The van der Waals surface area contributed by atoms with Crippen molar-refractivity contribution in [3.05, 3.63) is 24.3 Å². The predicted molar refractivity (Wildman–Crippen MR) is 113 cm³/mol. The molecule has 29 heavy (non-hydrogen) atoms. The number of rotatable bonds is 8. The predicted octanol–water partition coefficient (Wildman–Crippen LogP) is 2.60. The molecule has 1 fully saturated rings. The SMILES string of the molecule is CCOC(=O)NC(=O)CN(CC)CC(=O)Nc1ccc(N2CCCCCC2)cc1. The standard InChI is InChI=1S/C21H32N4O4/c1-3-24(16-20(27)23-21(28)29-4-2)15-19(26)22-17-9-11-18(12-10-17)25-13-7-5-6-8-14-25/h9-12H,3-8,13-16H2,1-2H3,(H,22,26)(H,23,27,28). The Kier molecular flexibility index (Phi) is 9.43. The second-order valence-electron chi connectivity index (χ2n) is 7.07. The Balaban J connectivity index is 1.82. The van der Waals surface area contributed by atoms with E-state index >= 15 is 0 Å². The number of amides is 3. The van der Waals surface area contributed by atoms with Crippen LogP contribution in [0.5, 0.6) is 0 Å². The molecule has 0 bridgehead atoms. The molecular formula is C21H32N4O4. The third-order valence-corrected chi connectivity index (χ3v) is 4.82. The fourth-order valence-corrected chi connectivity index (χ4v) is 3.29. The van der Waals surface area contributed by atoms with E-state index in [1.54, 1.807) is 11.8 Å². The first-order valence-electron chi connectivity index (χ1n) is 10.4. The lowest BCUT2D eigenvalue weighted by molar-refractivity contribution is -0.122. The zero-order valence-corrected chi connectivity index (χ0v) is 17.4. The quantitative estimate of drug-likeness (QED) is 0.692. The fraction of sp³-hybridized carbons (Fsp3) is 0.571. The molecule has 0 radical (unpaired) electrons. The van der Waals surface area contributed by atoms with Gasteiger partial charge in [-0.05, 0) is 50.6 Å². The molecule has 1 saturated heterocycles. The number of alkyl carbamates (subject to hydrolysis) is 1. The molecule has 0 atom stereocenters. The molecule has 0 spiro atoms. The molecule has 8 nitrogen and oxygen atoms in total. The normalized spacial score (nSPS) is 14.2. The van der Waals surface area contributed by atoms with Gasteiger partial charge in [0.25, 0.3) is 0 Å². The van der Waals surface area contributed by atoms with Gasteiger partial charge in [-0.15, -0.1) is 0 Å². The molecule has 160 valence electrons. The topological polar surface area (TPSA) is 91.0 Å². The third-order valence-electron chi connectivity index (χ3n) is 4.82. The molecule has 0 aromatic heterocycles. The van der Waals surface area contributed by atoms with Gasteiger partial charge in [0, 0.05) is 24.5 Å². The molecular weight excluding hydrogens is 372 g/mol. The summed E-state index contributed by atoms with van der Waals surface area (Å²) in [7, 11) is 0. The van der Waals surface area contributed by atoms with Crippen molar-refractivity contribution in [1.29, 1.82) is 0 Å². The van der Waals surface area contributed by atoms with E-state index in [2.05, 4.69) is 20.3 Å². The zero-order chi connectivity index (χ0) is 21.1. The monoisotopic (exact) mass is 404 g/mol. The van der Waals surface area contributed by atoms with Gasteiger partial charge >= 0.3 is 6.09 Å². The number of nitrogens with one attached hydrogen (secondary N) is 2. The second-order valence-corrected chi connectivity index (χ2v) is 7.07. The van der Waals surface area contributed by atoms with Gasteiger partial charge in [-0.3, -0.25) is 19.8 Å². The molecule has 0 saturated carbocycles. The van der Waals surface area contributed by atoms with Crippen LogP contribution in [0.15, 0.2) is 24.3 Å². The van der Waals surface area contributed by atoms with Crippen molar-refractivity contribution in [1.82, 2.24) is 10.2 Å². The van der Waals surface area contributed by atoms with Gasteiger partial charge in [0.05, 0.1) is 19.7 Å². The van der Waals surface area contributed by atoms with E-state index in [-0.39, 0.29) is 25.6 Å². The van der Waals surface area contributed by atoms with Gasteiger partial charge in [0.2, 0.25) is 11.8 Å². The van der Waals surface area contributed by atoms with E-state index in [0.717, 1.165) is 18.8 Å². The highest BCUT2D eigenvalue weighted by atomic mass is 16.5. The molecule has 1 aromatic carbocycles. The number of likely N-dealkylation sites (N-methyl/N-ethyl adjacent to an activating group) is 1. The van der Waals surface area contributed by atoms with Crippen molar-refractivity contribution in [3.63, 3.8) is 0 Å². The number of nitrogens with zero attached hydrogens (tertiary/aromatic N) is 2. The average Bonchev–Trinajstić information content (AvgIpc) is 2.97. The first-order valence-corrected chi connectivity index (χ1v) is 10.4. The Morgan fingerprint density at radius 2 is 1.59 bits per heavy atom. The highest BCUT2D eigenvalue weighted by molar-refractivity contribution is 5.94. The highest BCUT2D eigenvalue weighted by Crippen LogP contribution is 2.21. The summed E-state index contributed by atoms with van der Waals surface area (Å²) in [5.41, 5.74) is 1.90. The summed E-state index contributed by atoms with van der Waals surface area (Å²) in [6.07, 6.45) is 4.24. The lowest BCUT2D eigenvalue weighted by Crippen LogP contribution is -2.43. The van der Waals surface area contributed by atoms with E-state index in [1.165, 1.54) is 31.4 Å². The van der Waals surface area contributed by atoms with E-state index in [4.69, 9.17) is 0 Å². The Bertz CT molecular complexity index is 670. The van der Waals surface area contributed by atoms with Crippen molar-refractivity contribution in [2.24, 2.45) is 0 Å². The van der Waals surface area contributed by atoms with Crippen LogP contribution < -0.4 is 15.5 Å². The van der Waals surface area contributed by atoms with Gasteiger partial charge < -0.3 is 15.0 Å². The Morgan fingerprint density at radius 3 is 2.17 bits per heavy atom. The maximum absolute atomic E-state index is 12.3. The first-order chi connectivity index (χ1) is 14.0. The molecule has 1 aliphatic heterocycles. The van der Waals surface area contributed by atoms with Crippen molar-refractivity contribution < 1.29 is 19.1 Å². The third kappa shape index (κ3) is 8.11. The van der Waals surface area contributed by atoms with Crippen molar-refractivity contribution in [3.8, 4) is 0 Å². The molecule has 1 heterocycles. The van der Waals surface area contributed by atoms with E-state index in [1.807, 2.05) is 31.2 Å². The van der Waals surface area contributed by atoms with E-state index in [9.17, 15) is 14.4 Å². The molecule has 2 N–H and O–H groups in total. The second kappa shape index (κ2) is 12.1. The van der Waals surface area contributed by atoms with Crippen LogP contribution in [0.2, 0.25) is 0 Å². The van der Waals surface area contributed by atoms with Crippen LogP contribution >= 0.6 is 0 Å². The zero-order valence-electron chi connectivity index (χ0n) is 17.4. The molecule has 0 unspecified atom stereocenters. The summed E-state index contributed by atoms with van der Waals surface area (Å²) in [5.74, 6) is -0.710. The van der Waals surface area contributed by atoms with E-state index in [0.29, 0.717) is 6.54 Å². The lowest BCUT2D eigenvalue weighted by atomic mass is 10.2. The number of hydrogen-bond donors (Lipinski definition) is 2. The van der Waals surface area contributed by atoms with Gasteiger partial charge in [-0.25, -0.2) is 4.79 Å². The van der Waals surface area contributed by atoms with Gasteiger partial charge in [-0.1, -0.05) is 19.8 Å². The summed E-state index contributed by atoms with van der Waals surface area (Å²) < 4.78 is 4.68. The summed E-state index contributed by atoms with van der Waals surface area (Å²) >= 11 is 0. The van der Waals surface area contributed by atoms with Crippen LogP contribution in [0.1, 0.15) is 39.5 Å². The molecule has 2 rings (SSSR count). The maximum Gasteiger partial charge on any atom is 0.413 e. The summed E-state index contributed by atoms with van der Waals surface area (Å²) in [4.78, 5) is 39.5. The van der Waals surface area contributed by atoms with Gasteiger partial charge in [-0.2, -0.15) is 0 Å². The van der Waals surface area contributed by atoms with Crippen LogP contribution in [0.3, 0.4) is 0 Å². The Morgan fingerprint density at radius 1 is 0.966 bits per heavy atom. The van der Waals surface area contributed by atoms with Crippen molar-refractivity contribution >= 4 is 29.3 Å². The first kappa shape index (κ1) is 22.7. The van der Waals surface area contributed by atoms with Crippen LogP contribution in [0.4, 0.5) is 16.2 Å². The smallest absolute Gasteiger partial charge is 0.413 e. The number of ether oxygens (including phenoxy) is 1. The summed E-state index contributed by atoms with van der Waals surface area (Å²) in [6, 6.07) is 7.88. The lowest BCUT2D eigenvalue weighted by Gasteiger charge is -2.23. The average molecular weight is 405 g/mol. The van der Waals surface area contributed by atoms with E-state index < -0.39 is 12.0 Å². The Hall–Kier alpha value is -2.61. The minimum atomic E-state index is -0.775. The summed E-state index contributed by atoms with van der Waals surface area (Å²) in [5, 5.41) is 4.99. The summed E-state index contributed by atoms with van der Waals surface area (Å²) in [6.45, 7) is 6.34. The fourth-order valence-electron chi connectivity index (χ4n) is 3.29. The number of carbonyl (C=O) groups is 3. The highest BCUT2D eigenvalue weighted by Gasteiger charge is 2.16. The Labute approximate surface area is 172 Å². The maximum atomic E-state index is 12.3. The number of carbonyl (C=O) groups excluding carboxylic acids is 3. The van der Waals surface area contributed by atoms with Gasteiger partial charge in [0.15, 0.2) is 0 Å². The minimum Gasteiger partial charge on any atom is -0.450 e. The molecule has 8 heteroatoms. The molecule has 1 aromatic rings. The minimum absolute atomic E-state index is 0.0562. The van der Waals surface area contributed by atoms with Crippen LogP contribution in [-0.4, -0.2) is 62.1 Å². The van der Waals surface area contributed by atoms with Crippen LogP contribution in [0, 0.1) is 0 Å². The molecule has 0 aliphatic carbocycles. The van der Waals surface area contributed by atoms with Gasteiger partial charge in [0.1, 0.15) is 0 Å². The molecule has 3 amide bonds. The van der Waals surface area contributed by atoms with Crippen molar-refractivity contribution in [2.75, 3.05) is 49.5 Å². The number of anilines is 2. The number of hydrogen-bond acceptors (Lipinski definition) is 6. The van der Waals surface area contributed by atoms with Crippen LogP contribution in [0.25, 0.3) is 0 Å². The number of benzene rings is 1. The van der Waals surface area contributed by atoms with Crippen LogP contribution in [-0.2, 0) is 14.3 Å².